The van der Waals surface area contributed by atoms with Crippen molar-refractivity contribution in [3.63, 3.8) is 0 Å². The van der Waals surface area contributed by atoms with E-state index in [4.69, 9.17) is 11.5 Å². The van der Waals surface area contributed by atoms with Gasteiger partial charge < -0.3 is 11.5 Å². The number of hydrogen-bond donors (Lipinski definition) is 2. The van der Waals surface area contributed by atoms with Crippen LogP contribution in [-0.2, 0) is 0 Å². The van der Waals surface area contributed by atoms with Gasteiger partial charge in [0.15, 0.2) is 0 Å². The number of hydrogen-bond acceptors (Lipinski definition) is 2. The lowest BCUT2D eigenvalue weighted by Gasteiger charge is -2.08. The maximum atomic E-state index is 12.6. The highest BCUT2D eigenvalue weighted by atomic mass is 35.5. The van der Waals surface area contributed by atoms with Crippen LogP contribution in [0.5, 0.6) is 0 Å². The zero-order valence-electron chi connectivity index (χ0n) is 6.84. The second kappa shape index (κ2) is 5.11. The molecular weight excluding hydrogens is 198 g/mol. The van der Waals surface area contributed by atoms with Crippen molar-refractivity contribution in [3.05, 3.63) is 35.4 Å². The van der Waals surface area contributed by atoms with Crippen LogP contribution < -0.4 is 11.5 Å². The summed E-state index contributed by atoms with van der Waals surface area (Å²) >= 11 is 0. The summed E-state index contributed by atoms with van der Waals surface area (Å²) in [6.45, 7) is 0.170. The molecule has 0 aliphatic rings. The quantitative estimate of drug-likeness (QED) is 0.771. The van der Waals surface area contributed by atoms with E-state index in [2.05, 4.69) is 0 Å². The topological polar surface area (TPSA) is 52.0 Å². The van der Waals surface area contributed by atoms with Crippen molar-refractivity contribution in [1.29, 1.82) is 0 Å². The number of benzene rings is 1. The molecule has 1 atom stereocenters. The lowest BCUT2D eigenvalue weighted by molar-refractivity contribution is 0.574. The Bertz CT molecular complexity index is 261. The zero-order valence-corrected chi connectivity index (χ0v) is 7.65. The molecule has 1 aromatic rings. The van der Waals surface area contributed by atoms with Crippen molar-refractivity contribution in [1.82, 2.24) is 0 Å². The molecule has 0 aromatic heterocycles. The standard InChI is InChI=1S/C8H10F2N2.ClH/c9-6-1-5(8(12)4-11)2-7(10)3-6;/h1-3,8H,4,11-12H2;1H/t8-;/m1./s1. The first kappa shape index (κ1) is 12.3. The van der Waals surface area contributed by atoms with Crippen LogP contribution >= 0.6 is 12.4 Å². The van der Waals surface area contributed by atoms with Gasteiger partial charge in [-0.25, -0.2) is 8.78 Å². The number of nitrogens with two attached hydrogens (primary N) is 2. The first-order valence-corrected chi connectivity index (χ1v) is 3.55. The van der Waals surface area contributed by atoms with Gasteiger partial charge in [0.25, 0.3) is 0 Å². The molecule has 0 saturated carbocycles. The third-order valence-corrected chi connectivity index (χ3v) is 1.57. The van der Waals surface area contributed by atoms with Crippen LogP contribution in [0.25, 0.3) is 0 Å². The second-order valence-electron chi connectivity index (χ2n) is 2.54. The minimum absolute atomic E-state index is 0. The smallest absolute Gasteiger partial charge is 0.126 e. The molecule has 5 heteroatoms. The Morgan fingerprint density at radius 2 is 1.62 bits per heavy atom. The van der Waals surface area contributed by atoms with E-state index in [1.165, 1.54) is 12.1 Å². The molecule has 74 valence electrons. The van der Waals surface area contributed by atoms with E-state index >= 15 is 0 Å². The summed E-state index contributed by atoms with van der Waals surface area (Å²) in [7, 11) is 0. The van der Waals surface area contributed by atoms with Gasteiger partial charge in [0.2, 0.25) is 0 Å². The summed E-state index contributed by atoms with van der Waals surface area (Å²) in [6.07, 6.45) is 0. The summed E-state index contributed by atoms with van der Waals surface area (Å²) in [5, 5.41) is 0. The van der Waals surface area contributed by atoms with E-state index in [1.54, 1.807) is 0 Å². The molecule has 0 amide bonds. The van der Waals surface area contributed by atoms with Crippen LogP contribution in [0, 0.1) is 11.6 Å². The predicted molar refractivity (Wildman–Crippen MR) is 49.6 cm³/mol. The van der Waals surface area contributed by atoms with E-state index < -0.39 is 17.7 Å². The maximum Gasteiger partial charge on any atom is 0.126 e. The third kappa shape index (κ3) is 3.26. The molecule has 0 aliphatic heterocycles. The fraction of sp³-hybridized carbons (Fsp3) is 0.250. The third-order valence-electron chi connectivity index (χ3n) is 1.57. The van der Waals surface area contributed by atoms with Gasteiger partial charge in [0.1, 0.15) is 11.6 Å². The van der Waals surface area contributed by atoms with Crippen molar-refractivity contribution in [2.24, 2.45) is 11.5 Å². The average Bonchev–Trinajstić information content (AvgIpc) is 2.01. The molecule has 2 nitrogen and oxygen atoms in total. The minimum atomic E-state index is -0.631. The van der Waals surface area contributed by atoms with E-state index in [-0.39, 0.29) is 19.0 Å². The highest BCUT2D eigenvalue weighted by Gasteiger charge is 2.06. The maximum absolute atomic E-state index is 12.6. The number of halogens is 3. The Balaban J connectivity index is 0.00000144. The van der Waals surface area contributed by atoms with Crippen LogP contribution in [0.15, 0.2) is 18.2 Å². The Morgan fingerprint density at radius 1 is 1.15 bits per heavy atom. The van der Waals surface area contributed by atoms with Gasteiger partial charge >= 0.3 is 0 Å². The Kier molecular flexibility index (Phi) is 4.83. The molecule has 0 saturated heterocycles. The minimum Gasteiger partial charge on any atom is -0.329 e. The predicted octanol–water partition coefficient (Wildman–Crippen LogP) is 1.35. The molecule has 1 rings (SSSR count). The normalized spacial score (nSPS) is 12.0. The molecule has 4 N–H and O–H groups in total. The average molecular weight is 209 g/mol. The first-order chi connectivity index (χ1) is 5.63. The molecule has 13 heavy (non-hydrogen) atoms. The SMILES string of the molecule is Cl.NC[C@@H](N)c1cc(F)cc(F)c1. The lowest BCUT2D eigenvalue weighted by Crippen LogP contribution is -2.20. The van der Waals surface area contributed by atoms with E-state index in [1.807, 2.05) is 0 Å². The molecule has 0 spiro atoms. The highest BCUT2D eigenvalue weighted by molar-refractivity contribution is 5.85. The Hall–Kier alpha value is -0.710. The molecule has 1 aromatic carbocycles. The van der Waals surface area contributed by atoms with Crippen molar-refractivity contribution < 1.29 is 8.78 Å². The van der Waals surface area contributed by atoms with Gasteiger partial charge in [-0.15, -0.1) is 12.4 Å². The largest absolute Gasteiger partial charge is 0.329 e. The summed E-state index contributed by atoms with van der Waals surface area (Å²) in [5.41, 5.74) is 11.1. The van der Waals surface area contributed by atoms with E-state index in [9.17, 15) is 8.78 Å². The van der Waals surface area contributed by atoms with Crippen LogP contribution in [-0.4, -0.2) is 6.54 Å². The van der Waals surface area contributed by atoms with Gasteiger partial charge in [-0.2, -0.15) is 0 Å². The Morgan fingerprint density at radius 3 is 2.00 bits per heavy atom. The van der Waals surface area contributed by atoms with Crippen molar-refractivity contribution in [3.8, 4) is 0 Å². The van der Waals surface area contributed by atoms with Gasteiger partial charge in [0.05, 0.1) is 0 Å². The van der Waals surface area contributed by atoms with Crippen molar-refractivity contribution in [2.45, 2.75) is 6.04 Å². The summed E-state index contributed by atoms with van der Waals surface area (Å²) < 4.78 is 25.2. The molecule has 0 radical (unpaired) electrons. The van der Waals surface area contributed by atoms with Gasteiger partial charge in [-0.1, -0.05) is 0 Å². The van der Waals surface area contributed by atoms with Crippen LogP contribution in [0.2, 0.25) is 0 Å². The van der Waals surface area contributed by atoms with E-state index in [0.29, 0.717) is 5.56 Å². The molecule has 0 fully saturated rings. The Labute approximate surface area is 81.3 Å². The summed E-state index contributed by atoms with van der Waals surface area (Å²) in [4.78, 5) is 0. The molecule has 0 bridgehead atoms. The monoisotopic (exact) mass is 208 g/mol. The van der Waals surface area contributed by atoms with Gasteiger partial charge in [-0.3, -0.25) is 0 Å². The van der Waals surface area contributed by atoms with Crippen molar-refractivity contribution >= 4 is 12.4 Å². The fourth-order valence-corrected chi connectivity index (χ4v) is 0.925. The molecular formula is C8H11ClF2N2. The van der Waals surface area contributed by atoms with Crippen molar-refractivity contribution in [2.75, 3.05) is 6.54 Å². The summed E-state index contributed by atoms with van der Waals surface area (Å²) in [6, 6.07) is 2.66. The second-order valence-corrected chi connectivity index (χ2v) is 2.54. The summed E-state index contributed by atoms with van der Waals surface area (Å²) in [5.74, 6) is -1.26. The van der Waals surface area contributed by atoms with Gasteiger partial charge in [-0.05, 0) is 17.7 Å². The highest BCUT2D eigenvalue weighted by Crippen LogP contribution is 2.13. The van der Waals surface area contributed by atoms with Crippen LogP contribution in [0.3, 0.4) is 0 Å². The van der Waals surface area contributed by atoms with Crippen LogP contribution in [0.4, 0.5) is 8.78 Å². The molecule has 0 aliphatic carbocycles. The molecule has 0 unspecified atom stereocenters. The van der Waals surface area contributed by atoms with E-state index in [0.717, 1.165) is 6.07 Å². The lowest BCUT2D eigenvalue weighted by atomic mass is 10.1. The molecule has 0 heterocycles. The first-order valence-electron chi connectivity index (χ1n) is 3.55. The number of rotatable bonds is 2. The van der Waals surface area contributed by atoms with Gasteiger partial charge in [0, 0.05) is 18.7 Å². The van der Waals surface area contributed by atoms with Crippen LogP contribution in [0.1, 0.15) is 11.6 Å². The fourth-order valence-electron chi connectivity index (χ4n) is 0.925. The zero-order chi connectivity index (χ0) is 9.14.